The Labute approximate surface area is 171 Å². The van der Waals surface area contributed by atoms with Crippen molar-refractivity contribution in [3.8, 4) is 17.2 Å². The van der Waals surface area contributed by atoms with Crippen LogP contribution in [0.4, 0.5) is 5.69 Å². The first-order valence-electron chi connectivity index (χ1n) is 9.46. The smallest absolute Gasteiger partial charge is 0.251 e. The number of nitrogens with one attached hydrogen (secondary N) is 2. The van der Waals surface area contributed by atoms with Gasteiger partial charge in [-0.1, -0.05) is 13.8 Å². The molecule has 2 rings (SSSR count). The Kier molecular flexibility index (Phi) is 7.88. The number of hydrogen-bond donors (Lipinski definition) is 2. The van der Waals surface area contributed by atoms with Gasteiger partial charge in [-0.15, -0.1) is 0 Å². The minimum Gasteiger partial charge on any atom is -0.494 e. The Hall–Kier alpha value is -3.22. The molecular weight excluding hydrogens is 372 g/mol. The van der Waals surface area contributed by atoms with E-state index in [2.05, 4.69) is 10.6 Å². The molecule has 1 unspecified atom stereocenters. The average molecular weight is 400 g/mol. The number of benzene rings is 2. The van der Waals surface area contributed by atoms with E-state index in [0.717, 1.165) is 0 Å². The number of rotatable bonds is 9. The Bertz CT molecular complexity index is 834. The number of carbonyl (C=O) groups is 2. The first kappa shape index (κ1) is 22.1. The van der Waals surface area contributed by atoms with Crippen molar-refractivity contribution < 1.29 is 23.8 Å². The number of ether oxygens (including phenoxy) is 3. The molecule has 29 heavy (non-hydrogen) atoms. The van der Waals surface area contributed by atoms with Crippen LogP contribution in [0.5, 0.6) is 17.2 Å². The first-order chi connectivity index (χ1) is 13.9. The van der Waals surface area contributed by atoms with Gasteiger partial charge in [0.25, 0.3) is 5.91 Å². The second-order valence-electron chi connectivity index (χ2n) is 6.71. The Balaban J connectivity index is 2.10. The predicted molar refractivity (Wildman–Crippen MR) is 112 cm³/mol. The highest BCUT2D eigenvalue weighted by molar-refractivity contribution is 6.01. The van der Waals surface area contributed by atoms with Gasteiger partial charge in [-0.2, -0.15) is 0 Å². The maximum atomic E-state index is 12.8. The molecule has 1 atom stereocenters. The van der Waals surface area contributed by atoms with Crippen LogP contribution in [0.3, 0.4) is 0 Å². The Morgan fingerprint density at radius 2 is 1.62 bits per heavy atom. The number of anilines is 1. The fraction of sp³-hybridized carbons (Fsp3) is 0.364. The van der Waals surface area contributed by atoms with E-state index in [1.165, 1.54) is 7.11 Å². The standard InChI is InChI=1S/C22H28N2O5/c1-6-29-17-10-7-15(8-11-17)21(25)24-20(14(2)3)22(26)23-16-9-12-18(27-4)19(13-16)28-5/h7-14,20H,6H2,1-5H3,(H,23,26)(H,24,25). The van der Waals surface area contributed by atoms with Crippen molar-refractivity contribution in [1.82, 2.24) is 5.32 Å². The number of carbonyl (C=O) groups excluding carboxylic acids is 2. The van der Waals surface area contributed by atoms with Gasteiger partial charge in [0.05, 0.1) is 20.8 Å². The molecule has 0 bridgehead atoms. The third-order valence-corrected chi connectivity index (χ3v) is 4.31. The number of hydrogen-bond acceptors (Lipinski definition) is 5. The molecule has 0 spiro atoms. The van der Waals surface area contributed by atoms with E-state index >= 15 is 0 Å². The number of amides is 2. The van der Waals surface area contributed by atoms with Gasteiger partial charge in [0, 0.05) is 17.3 Å². The maximum Gasteiger partial charge on any atom is 0.251 e. The summed E-state index contributed by atoms with van der Waals surface area (Å²) in [5.74, 6) is 1.01. The van der Waals surface area contributed by atoms with Gasteiger partial charge in [-0.25, -0.2) is 0 Å². The molecule has 2 amide bonds. The van der Waals surface area contributed by atoms with Gasteiger partial charge in [-0.05, 0) is 49.2 Å². The normalized spacial score (nSPS) is 11.5. The molecule has 0 saturated carbocycles. The molecule has 0 heterocycles. The fourth-order valence-corrected chi connectivity index (χ4v) is 2.76. The zero-order valence-corrected chi connectivity index (χ0v) is 17.4. The molecule has 7 nitrogen and oxygen atoms in total. The molecule has 2 aromatic carbocycles. The summed E-state index contributed by atoms with van der Waals surface area (Å²) < 4.78 is 15.8. The lowest BCUT2D eigenvalue weighted by Crippen LogP contribution is -2.47. The molecule has 0 aliphatic heterocycles. The van der Waals surface area contributed by atoms with E-state index < -0.39 is 6.04 Å². The van der Waals surface area contributed by atoms with E-state index in [-0.39, 0.29) is 17.7 Å². The van der Waals surface area contributed by atoms with Gasteiger partial charge >= 0.3 is 0 Å². The van der Waals surface area contributed by atoms with Crippen LogP contribution in [-0.2, 0) is 4.79 Å². The molecule has 0 saturated heterocycles. The summed E-state index contributed by atoms with van der Waals surface area (Å²) in [6.07, 6.45) is 0. The monoisotopic (exact) mass is 400 g/mol. The molecule has 0 radical (unpaired) electrons. The van der Waals surface area contributed by atoms with Crippen LogP contribution in [0.15, 0.2) is 42.5 Å². The maximum absolute atomic E-state index is 12.8. The van der Waals surface area contributed by atoms with Crippen molar-refractivity contribution >= 4 is 17.5 Å². The Morgan fingerprint density at radius 1 is 0.966 bits per heavy atom. The van der Waals surface area contributed by atoms with Crippen LogP contribution in [0.25, 0.3) is 0 Å². The van der Waals surface area contributed by atoms with Crippen LogP contribution in [0.1, 0.15) is 31.1 Å². The molecular formula is C22H28N2O5. The van der Waals surface area contributed by atoms with Crippen molar-refractivity contribution in [2.45, 2.75) is 26.8 Å². The van der Waals surface area contributed by atoms with E-state index in [1.807, 2.05) is 20.8 Å². The topological polar surface area (TPSA) is 85.9 Å². The van der Waals surface area contributed by atoms with E-state index in [4.69, 9.17) is 14.2 Å². The minimum absolute atomic E-state index is 0.109. The summed E-state index contributed by atoms with van der Waals surface area (Å²) in [6.45, 7) is 6.19. The zero-order chi connectivity index (χ0) is 21.4. The predicted octanol–water partition coefficient (Wildman–Crippen LogP) is 3.50. The third-order valence-electron chi connectivity index (χ3n) is 4.31. The van der Waals surface area contributed by atoms with Crippen molar-refractivity contribution in [2.75, 3.05) is 26.1 Å². The molecule has 2 N–H and O–H groups in total. The summed E-state index contributed by atoms with van der Waals surface area (Å²) in [5.41, 5.74) is 1.01. The van der Waals surface area contributed by atoms with Crippen molar-refractivity contribution in [3.05, 3.63) is 48.0 Å². The zero-order valence-electron chi connectivity index (χ0n) is 17.4. The summed E-state index contributed by atoms with van der Waals surface area (Å²) in [4.78, 5) is 25.4. The summed E-state index contributed by atoms with van der Waals surface area (Å²) in [5, 5.41) is 5.63. The number of methoxy groups -OCH3 is 2. The molecule has 2 aromatic rings. The van der Waals surface area contributed by atoms with Gasteiger partial charge in [0.15, 0.2) is 11.5 Å². The molecule has 0 aromatic heterocycles. The molecule has 0 aliphatic rings. The van der Waals surface area contributed by atoms with Crippen LogP contribution in [0.2, 0.25) is 0 Å². The van der Waals surface area contributed by atoms with E-state index in [9.17, 15) is 9.59 Å². The van der Waals surface area contributed by atoms with Crippen LogP contribution < -0.4 is 24.8 Å². The van der Waals surface area contributed by atoms with Crippen molar-refractivity contribution in [3.63, 3.8) is 0 Å². The summed E-state index contributed by atoms with van der Waals surface area (Å²) in [7, 11) is 3.07. The van der Waals surface area contributed by atoms with Crippen molar-refractivity contribution in [2.24, 2.45) is 5.92 Å². The lowest BCUT2D eigenvalue weighted by molar-refractivity contribution is -0.118. The third kappa shape index (κ3) is 5.88. The van der Waals surface area contributed by atoms with Gasteiger partial charge in [0.1, 0.15) is 11.8 Å². The summed E-state index contributed by atoms with van der Waals surface area (Å²) in [6, 6.07) is 11.2. The van der Waals surface area contributed by atoms with E-state index in [1.54, 1.807) is 49.6 Å². The quantitative estimate of drug-likeness (QED) is 0.673. The lowest BCUT2D eigenvalue weighted by Gasteiger charge is -2.22. The van der Waals surface area contributed by atoms with Gasteiger partial charge < -0.3 is 24.8 Å². The Morgan fingerprint density at radius 3 is 2.17 bits per heavy atom. The van der Waals surface area contributed by atoms with Crippen molar-refractivity contribution in [1.29, 1.82) is 0 Å². The van der Waals surface area contributed by atoms with Crippen LogP contribution in [0, 0.1) is 5.92 Å². The molecule has 156 valence electrons. The average Bonchev–Trinajstić information content (AvgIpc) is 2.72. The highest BCUT2D eigenvalue weighted by Crippen LogP contribution is 2.29. The van der Waals surface area contributed by atoms with E-state index in [0.29, 0.717) is 35.1 Å². The minimum atomic E-state index is -0.706. The highest BCUT2D eigenvalue weighted by Gasteiger charge is 2.25. The second-order valence-corrected chi connectivity index (χ2v) is 6.71. The summed E-state index contributed by atoms with van der Waals surface area (Å²) >= 11 is 0. The van der Waals surface area contributed by atoms with Gasteiger partial charge in [-0.3, -0.25) is 9.59 Å². The van der Waals surface area contributed by atoms with Crippen LogP contribution in [-0.4, -0.2) is 38.7 Å². The molecule has 0 aliphatic carbocycles. The lowest BCUT2D eigenvalue weighted by atomic mass is 10.0. The highest BCUT2D eigenvalue weighted by atomic mass is 16.5. The van der Waals surface area contributed by atoms with Gasteiger partial charge in [0.2, 0.25) is 5.91 Å². The van der Waals surface area contributed by atoms with Crippen LogP contribution >= 0.6 is 0 Å². The first-order valence-corrected chi connectivity index (χ1v) is 9.46. The fourth-order valence-electron chi connectivity index (χ4n) is 2.76. The molecule has 7 heteroatoms. The second kappa shape index (κ2) is 10.4. The largest absolute Gasteiger partial charge is 0.494 e. The molecule has 0 fully saturated rings. The SMILES string of the molecule is CCOc1ccc(C(=O)NC(C(=O)Nc2ccc(OC)c(OC)c2)C(C)C)cc1.